The number of nitrogen functional groups attached to an aromatic ring is 1. The maximum Gasteiger partial charge on any atom is 0.0862 e. The molecule has 0 spiro atoms. The lowest BCUT2D eigenvalue weighted by Gasteiger charge is -2.24. The van der Waals surface area contributed by atoms with Crippen LogP contribution in [0.25, 0.3) is 0 Å². The van der Waals surface area contributed by atoms with Gasteiger partial charge in [-0.3, -0.25) is 4.68 Å². The lowest BCUT2D eigenvalue weighted by molar-refractivity contribution is 0.0933. The lowest BCUT2D eigenvalue weighted by atomic mass is 10.2. The van der Waals surface area contributed by atoms with E-state index in [-0.39, 0.29) is 0 Å². The Morgan fingerprint density at radius 3 is 2.42 bits per heavy atom. The third-order valence-corrected chi connectivity index (χ3v) is 3.18. The van der Waals surface area contributed by atoms with Crippen molar-refractivity contribution in [3.8, 4) is 0 Å². The van der Waals surface area contributed by atoms with E-state index in [0.717, 1.165) is 13.1 Å². The van der Waals surface area contributed by atoms with Crippen molar-refractivity contribution in [2.75, 3.05) is 25.4 Å². The lowest BCUT2D eigenvalue weighted by Crippen LogP contribution is -2.36. The Bertz CT molecular complexity index is 332. The molecule has 1 heterocycles. The summed E-state index contributed by atoms with van der Waals surface area (Å²) in [5, 5.41) is 14.2. The zero-order valence-corrected chi connectivity index (χ0v) is 12.3. The number of hydrogen-bond donors (Lipinski definition) is 2. The molecular formula is C14H28N4O. The molecule has 0 radical (unpaired) electrons. The summed E-state index contributed by atoms with van der Waals surface area (Å²) in [5.74, 6) is 0. The Labute approximate surface area is 116 Å². The number of anilines is 1. The molecule has 0 aliphatic carbocycles. The molecule has 0 amide bonds. The van der Waals surface area contributed by atoms with Crippen LogP contribution in [-0.2, 0) is 6.54 Å². The van der Waals surface area contributed by atoms with Gasteiger partial charge in [0.15, 0.2) is 0 Å². The van der Waals surface area contributed by atoms with Crippen molar-refractivity contribution in [1.29, 1.82) is 0 Å². The standard InChI is InChI=1S/C14H28N4O/c1-3-5-7-17(8-6-4-2)11-14(19)12-18-10-13(15)9-16-18/h9-10,14,19H,3-8,11-12,15H2,1-2H3. The molecule has 0 aromatic carbocycles. The van der Waals surface area contributed by atoms with Gasteiger partial charge in [-0.2, -0.15) is 5.10 Å². The zero-order valence-electron chi connectivity index (χ0n) is 12.3. The zero-order chi connectivity index (χ0) is 14.1. The molecule has 1 rings (SSSR count). The van der Waals surface area contributed by atoms with Crippen LogP contribution in [0.5, 0.6) is 0 Å². The minimum Gasteiger partial charge on any atom is -0.396 e. The van der Waals surface area contributed by atoms with Gasteiger partial charge >= 0.3 is 0 Å². The fourth-order valence-electron chi connectivity index (χ4n) is 2.11. The molecule has 1 aromatic heterocycles. The third-order valence-electron chi connectivity index (χ3n) is 3.18. The van der Waals surface area contributed by atoms with Crippen LogP contribution in [0.4, 0.5) is 5.69 Å². The molecule has 3 N–H and O–H groups in total. The van der Waals surface area contributed by atoms with Crippen LogP contribution in [0.3, 0.4) is 0 Å². The van der Waals surface area contributed by atoms with Gasteiger partial charge in [-0.1, -0.05) is 26.7 Å². The predicted octanol–water partition coefficient (Wildman–Crippen LogP) is 1.73. The SMILES string of the molecule is CCCCN(CCCC)CC(O)Cn1cc(N)cn1. The first-order chi connectivity index (χ1) is 9.15. The second kappa shape index (κ2) is 8.93. The average Bonchev–Trinajstić information content (AvgIpc) is 2.78. The van der Waals surface area contributed by atoms with Crippen LogP contribution >= 0.6 is 0 Å². The van der Waals surface area contributed by atoms with Crippen LogP contribution in [-0.4, -0.2) is 45.5 Å². The molecule has 19 heavy (non-hydrogen) atoms. The first-order valence-electron chi connectivity index (χ1n) is 7.34. The van der Waals surface area contributed by atoms with Crippen molar-refractivity contribution >= 4 is 5.69 Å². The Morgan fingerprint density at radius 1 is 1.32 bits per heavy atom. The fraction of sp³-hybridized carbons (Fsp3) is 0.786. The first kappa shape index (κ1) is 16.0. The van der Waals surface area contributed by atoms with Crippen LogP contribution in [0.1, 0.15) is 39.5 Å². The van der Waals surface area contributed by atoms with Gasteiger partial charge < -0.3 is 15.7 Å². The summed E-state index contributed by atoms with van der Waals surface area (Å²) in [4.78, 5) is 2.35. The first-order valence-corrected chi connectivity index (χ1v) is 7.34. The van der Waals surface area contributed by atoms with E-state index in [1.807, 2.05) is 0 Å². The van der Waals surface area contributed by atoms with Crippen LogP contribution in [0.15, 0.2) is 12.4 Å². The van der Waals surface area contributed by atoms with E-state index in [9.17, 15) is 5.11 Å². The molecule has 0 aliphatic rings. The molecule has 0 saturated carbocycles. The summed E-state index contributed by atoms with van der Waals surface area (Å²) < 4.78 is 1.71. The highest BCUT2D eigenvalue weighted by Crippen LogP contribution is 2.04. The minimum absolute atomic E-state index is 0.395. The fourth-order valence-corrected chi connectivity index (χ4v) is 2.11. The van der Waals surface area contributed by atoms with Crippen molar-refractivity contribution in [2.24, 2.45) is 0 Å². The molecule has 0 bridgehead atoms. The highest BCUT2D eigenvalue weighted by Gasteiger charge is 2.12. The van der Waals surface area contributed by atoms with Crippen LogP contribution < -0.4 is 5.73 Å². The second-order valence-electron chi connectivity index (χ2n) is 5.16. The van der Waals surface area contributed by atoms with Gasteiger partial charge in [0.05, 0.1) is 24.5 Å². The number of aliphatic hydroxyl groups excluding tert-OH is 1. The summed E-state index contributed by atoms with van der Waals surface area (Å²) in [7, 11) is 0. The van der Waals surface area contributed by atoms with Crippen molar-refractivity contribution in [2.45, 2.75) is 52.2 Å². The molecule has 1 atom stereocenters. The number of nitrogens with zero attached hydrogens (tertiary/aromatic N) is 3. The topological polar surface area (TPSA) is 67.3 Å². The molecule has 110 valence electrons. The summed E-state index contributed by atoms with van der Waals surface area (Å²) >= 11 is 0. The predicted molar refractivity (Wildman–Crippen MR) is 78.9 cm³/mol. The van der Waals surface area contributed by atoms with Crippen molar-refractivity contribution in [1.82, 2.24) is 14.7 Å². The number of nitrogens with two attached hydrogens (primary N) is 1. The summed E-state index contributed by atoms with van der Waals surface area (Å²) in [5.41, 5.74) is 6.25. The molecule has 0 aliphatic heterocycles. The largest absolute Gasteiger partial charge is 0.396 e. The molecule has 5 nitrogen and oxygen atoms in total. The highest BCUT2D eigenvalue weighted by atomic mass is 16.3. The average molecular weight is 268 g/mol. The Balaban J connectivity index is 2.38. The molecule has 1 aromatic rings. The van der Waals surface area contributed by atoms with E-state index >= 15 is 0 Å². The quantitative estimate of drug-likeness (QED) is 0.678. The van der Waals surface area contributed by atoms with Crippen molar-refractivity contribution in [3.63, 3.8) is 0 Å². The summed E-state index contributed by atoms with van der Waals surface area (Å²) in [6, 6.07) is 0. The summed E-state index contributed by atoms with van der Waals surface area (Å²) in [6.07, 6.45) is 7.72. The van der Waals surface area contributed by atoms with E-state index in [4.69, 9.17) is 5.73 Å². The number of aliphatic hydroxyl groups is 1. The monoisotopic (exact) mass is 268 g/mol. The molecule has 0 saturated heterocycles. The van der Waals surface area contributed by atoms with Gasteiger partial charge in [-0.25, -0.2) is 0 Å². The summed E-state index contributed by atoms with van der Waals surface area (Å²) in [6.45, 7) is 7.73. The second-order valence-corrected chi connectivity index (χ2v) is 5.16. The number of rotatable bonds is 10. The maximum atomic E-state index is 10.1. The van der Waals surface area contributed by atoms with Crippen molar-refractivity contribution < 1.29 is 5.11 Å². The van der Waals surface area contributed by atoms with E-state index in [1.165, 1.54) is 25.7 Å². The van der Waals surface area contributed by atoms with Gasteiger partial charge in [0, 0.05) is 12.7 Å². The third kappa shape index (κ3) is 6.59. The smallest absolute Gasteiger partial charge is 0.0862 e. The van der Waals surface area contributed by atoms with Crippen molar-refractivity contribution in [3.05, 3.63) is 12.4 Å². The van der Waals surface area contributed by atoms with Gasteiger partial charge in [0.1, 0.15) is 0 Å². The van der Waals surface area contributed by atoms with Gasteiger partial charge in [-0.15, -0.1) is 0 Å². The van der Waals surface area contributed by atoms with Gasteiger partial charge in [-0.05, 0) is 25.9 Å². The highest BCUT2D eigenvalue weighted by molar-refractivity contribution is 5.30. The molecule has 0 fully saturated rings. The van der Waals surface area contributed by atoms with E-state index in [0.29, 0.717) is 18.8 Å². The molecule has 5 heteroatoms. The van der Waals surface area contributed by atoms with E-state index in [2.05, 4.69) is 23.8 Å². The molecule has 1 unspecified atom stereocenters. The number of unbranched alkanes of at least 4 members (excludes halogenated alkanes) is 2. The Hall–Kier alpha value is -1.07. The Kier molecular flexibility index (Phi) is 7.52. The minimum atomic E-state index is -0.395. The maximum absolute atomic E-state index is 10.1. The Morgan fingerprint density at radius 2 is 1.95 bits per heavy atom. The van der Waals surface area contributed by atoms with E-state index < -0.39 is 6.10 Å². The van der Waals surface area contributed by atoms with Gasteiger partial charge in [0.25, 0.3) is 0 Å². The van der Waals surface area contributed by atoms with Crippen LogP contribution in [0.2, 0.25) is 0 Å². The molecular weight excluding hydrogens is 240 g/mol. The number of hydrogen-bond acceptors (Lipinski definition) is 4. The normalized spacial score (nSPS) is 13.1. The van der Waals surface area contributed by atoms with Gasteiger partial charge in [0.2, 0.25) is 0 Å². The number of aromatic nitrogens is 2. The van der Waals surface area contributed by atoms with E-state index in [1.54, 1.807) is 17.1 Å². The van der Waals surface area contributed by atoms with Crippen LogP contribution in [0, 0.1) is 0 Å².